The average Bonchev–Trinajstić information content (AvgIpc) is 2.51. The summed E-state index contributed by atoms with van der Waals surface area (Å²) in [5, 5.41) is 0. The standard InChI is InChI=1S/C17H28N3O3/c1-13(2)8-14(10-18)9-16(21)23-12-20-7-5-6-15(11-20)17(22)19(3)4/h5-7,11,13-14H,8-10,12,18H2,1-4H3/q+1. The number of pyridine rings is 1. The Morgan fingerprint density at radius 2 is 2.04 bits per heavy atom. The Balaban J connectivity index is 2.56. The average molecular weight is 322 g/mol. The molecule has 6 nitrogen and oxygen atoms in total. The summed E-state index contributed by atoms with van der Waals surface area (Å²) in [6.07, 6.45) is 4.66. The van der Waals surface area contributed by atoms with Gasteiger partial charge in [-0.15, -0.1) is 0 Å². The highest BCUT2D eigenvalue weighted by molar-refractivity contribution is 5.93. The van der Waals surface area contributed by atoms with Gasteiger partial charge in [-0.1, -0.05) is 13.8 Å². The van der Waals surface area contributed by atoms with E-state index in [1.165, 1.54) is 4.90 Å². The second-order valence-electron chi connectivity index (χ2n) is 6.39. The SMILES string of the molecule is CC(C)CC(CN)CC(=O)OC[n+]1cccc(C(=O)N(C)C)c1. The van der Waals surface area contributed by atoms with E-state index in [4.69, 9.17) is 10.5 Å². The lowest BCUT2D eigenvalue weighted by atomic mass is 9.94. The van der Waals surface area contributed by atoms with Crippen molar-refractivity contribution in [3.05, 3.63) is 30.1 Å². The molecule has 0 fully saturated rings. The number of hydrogen-bond acceptors (Lipinski definition) is 4. The van der Waals surface area contributed by atoms with Crippen molar-refractivity contribution < 1.29 is 18.9 Å². The molecule has 1 unspecified atom stereocenters. The van der Waals surface area contributed by atoms with Crippen molar-refractivity contribution in [1.29, 1.82) is 0 Å². The first-order valence-electron chi connectivity index (χ1n) is 7.90. The van der Waals surface area contributed by atoms with Crippen molar-refractivity contribution in [3.8, 4) is 0 Å². The molecule has 1 aromatic rings. The van der Waals surface area contributed by atoms with Crippen molar-refractivity contribution in [2.45, 2.75) is 33.4 Å². The van der Waals surface area contributed by atoms with Crippen LogP contribution in [0.3, 0.4) is 0 Å². The predicted octanol–water partition coefficient (Wildman–Crippen LogP) is 1.19. The van der Waals surface area contributed by atoms with E-state index in [-0.39, 0.29) is 24.5 Å². The van der Waals surface area contributed by atoms with Gasteiger partial charge in [-0.25, -0.2) is 0 Å². The summed E-state index contributed by atoms with van der Waals surface area (Å²) in [5.74, 6) is 0.289. The van der Waals surface area contributed by atoms with E-state index in [2.05, 4.69) is 13.8 Å². The molecule has 0 saturated heterocycles. The van der Waals surface area contributed by atoms with Gasteiger partial charge in [0.1, 0.15) is 5.56 Å². The van der Waals surface area contributed by atoms with Crippen LogP contribution in [0.15, 0.2) is 24.5 Å². The van der Waals surface area contributed by atoms with Crippen LogP contribution in [0.1, 0.15) is 37.0 Å². The van der Waals surface area contributed by atoms with Gasteiger partial charge in [-0.2, -0.15) is 4.57 Å². The molecular weight excluding hydrogens is 294 g/mol. The van der Waals surface area contributed by atoms with Crippen molar-refractivity contribution in [2.24, 2.45) is 17.6 Å². The summed E-state index contributed by atoms with van der Waals surface area (Å²) in [5.41, 5.74) is 6.25. The molecule has 2 N–H and O–H groups in total. The normalized spacial score (nSPS) is 12.1. The number of carbonyl (C=O) groups excluding carboxylic acids is 2. The number of aromatic nitrogens is 1. The molecule has 0 spiro atoms. The minimum Gasteiger partial charge on any atom is -0.405 e. The van der Waals surface area contributed by atoms with Gasteiger partial charge in [0.25, 0.3) is 12.6 Å². The van der Waals surface area contributed by atoms with E-state index in [0.29, 0.717) is 24.4 Å². The summed E-state index contributed by atoms with van der Waals surface area (Å²) in [6, 6.07) is 3.49. The van der Waals surface area contributed by atoms with E-state index in [1.54, 1.807) is 43.2 Å². The summed E-state index contributed by atoms with van der Waals surface area (Å²) < 4.78 is 6.96. The Labute approximate surface area is 138 Å². The van der Waals surface area contributed by atoms with E-state index in [1.807, 2.05) is 0 Å². The van der Waals surface area contributed by atoms with E-state index in [0.717, 1.165) is 6.42 Å². The van der Waals surface area contributed by atoms with Crippen molar-refractivity contribution >= 4 is 11.9 Å². The molecule has 1 atom stereocenters. The number of ether oxygens (including phenoxy) is 1. The third-order valence-corrected chi connectivity index (χ3v) is 3.48. The largest absolute Gasteiger partial charge is 0.405 e. The zero-order chi connectivity index (χ0) is 17.4. The number of carbonyl (C=O) groups is 2. The van der Waals surface area contributed by atoms with Crippen LogP contribution in [0.4, 0.5) is 0 Å². The first kappa shape index (κ1) is 19.1. The number of nitrogens with two attached hydrogens (primary N) is 1. The maximum atomic E-state index is 11.9. The molecule has 0 saturated carbocycles. The van der Waals surface area contributed by atoms with Gasteiger partial charge in [0.15, 0.2) is 12.4 Å². The zero-order valence-electron chi connectivity index (χ0n) is 14.5. The molecule has 1 aromatic heterocycles. The van der Waals surface area contributed by atoms with Gasteiger partial charge in [0.2, 0.25) is 0 Å². The number of esters is 1. The van der Waals surface area contributed by atoms with Crippen LogP contribution in [0.5, 0.6) is 0 Å². The number of nitrogens with zero attached hydrogens (tertiary/aromatic N) is 2. The van der Waals surface area contributed by atoms with E-state index < -0.39 is 0 Å². The summed E-state index contributed by atoms with van der Waals surface area (Å²) in [6.45, 7) is 4.79. The Kier molecular flexibility index (Phi) is 7.68. The fourth-order valence-corrected chi connectivity index (χ4v) is 2.36. The third kappa shape index (κ3) is 6.78. The molecule has 23 heavy (non-hydrogen) atoms. The summed E-state index contributed by atoms with van der Waals surface area (Å²) >= 11 is 0. The lowest BCUT2D eigenvalue weighted by Crippen LogP contribution is -2.37. The first-order valence-corrected chi connectivity index (χ1v) is 7.90. The number of hydrogen-bond donors (Lipinski definition) is 1. The van der Waals surface area contributed by atoms with Crippen LogP contribution in [-0.2, 0) is 16.3 Å². The number of rotatable bonds is 8. The monoisotopic (exact) mass is 322 g/mol. The lowest BCUT2D eigenvalue weighted by Gasteiger charge is -2.15. The first-order chi connectivity index (χ1) is 10.8. The molecule has 0 aliphatic rings. The maximum absolute atomic E-state index is 11.9. The quantitative estimate of drug-likeness (QED) is 0.576. The Bertz CT molecular complexity index is 530. The fourth-order valence-electron chi connectivity index (χ4n) is 2.36. The Morgan fingerprint density at radius 3 is 2.61 bits per heavy atom. The third-order valence-electron chi connectivity index (χ3n) is 3.48. The molecule has 0 bridgehead atoms. The second-order valence-corrected chi connectivity index (χ2v) is 6.39. The van der Waals surface area contributed by atoms with Crippen LogP contribution in [0, 0.1) is 11.8 Å². The zero-order valence-corrected chi connectivity index (χ0v) is 14.5. The highest BCUT2D eigenvalue weighted by Crippen LogP contribution is 2.14. The molecule has 0 radical (unpaired) electrons. The maximum Gasteiger partial charge on any atom is 0.310 e. The second kappa shape index (κ2) is 9.25. The van der Waals surface area contributed by atoms with Crippen molar-refractivity contribution in [2.75, 3.05) is 20.6 Å². The predicted molar refractivity (Wildman–Crippen MR) is 87.4 cm³/mol. The highest BCUT2D eigenvalue weighted by Gasteiger charge is 2.17. The molecule has 0 aromatic carbocycles. The van der Waals surface area contributed by atoms with Gasteiger partial charge >= 0.3 is 5.97 Å². The minimum atomic E-state index is -0.266. The van der Waals surface area contributed by atoms with Crippen LogP contribution >= 0.6 is 0 Å². The van der Waals surface area contributed by atoms with Crippen LogP contribution in [0.25, 0.3) is 0 Å². The molecule has 6 heteroatoms. The number of amides is 1. The highest BCUT2D eigenvalue weighted by atomic mass is 16.5. The smallest absolute Gasteiger partial charge is 0.310 e. The summed E-state index contributed by atoms with van der Waals surface area (Å²) in [4.78, 5) is 25.3. The summed E-state index contributed by atoms with van der Waals surface area (Å²) in [7, 11) is 3.39. The van der Waals surface area contributed by atoms with Gasteiger partial charge in [-0.3, -0.25) is 9.59 Å². The van der Waals surface area contributed by atoms with Gasteiger partial charge in [0.05, 0.1) is 0 Å². The molecule has 1 amide bonds. The molecule has 0 aliphatic carbocycles. The molecule has 0 aliphatic heterocycles. The van der Waals surface area contributed by atoms with Gasteiger partial charge in [0, 0.05) is 26.6 Å². The Morgan fingerprint density at radius 1 is 1.35 bits per heavy atom. The molecule has 1 heterocycles. The van der Waals surface area contributed by atoms with Gasteiger partial charge in [-0.05, 0) is 30.9 Å². The molecular formula is C17H28N3O3+. The van der Waals surface area contributed by atoms with Crippen molar-refractivity contribution in [3.63, 3.8) is 0 Å². The lowest BCUT2D eigenvalue weighted by molar-refractivity contribution is -0.727. The topological polar surface area (TPSA) is 76.5 Å². The molecule has 1 rings (SSSR count). The van der Waals surface area contributed by atoms with Gasteiger partial charge < -0.3 is 15.4 Å². The van der Waals surface area contributed by atoms with Crippen LogP contribution < -0.4 is 10.3 Å². The molecule has 128 valence electrons. The fraction of sp³-hybridized carbons (Fsp3) is 0.588. The van der Waals surface area contributed by atoms with Crippen LogP contribution in [0.2, 0.25) is 0 Å². The van der Waals surface area contributed by atoms with E-state index in [9.17, 15) is 9.59 Å². The minimum absolute atomic E-state index is 0.0896. The van der Waals surface area contributed by atoms with Crippen LogP contribution in [-0.4, -0.2) is 37.4 Å². The van der Waals surface area contributed by atoms with E-state index >= 15 is 0 Å². The Hall–Kier alpha value is -1.95. The van der Waals surface area contributed by atoms with Crippen molar-refractivity contribution in [1.82, 2.24) is 4.90 Å².